The normalized spacial score (nSPS) is 13.9. The lowest BCUT2D eigenvalue weighted by Crippen LogP contribution is -2.36. The van der Waals surface area contributed by atoms with Gasteiger partial charge < -0.3 is 4.74 Å². The summed E-state index contributed by atoms with van der Waals surface area (Å²) in [5.41, 5.74) is 0.259. The molecule has 0 unspecified atom stereocenters. The predicted octanol–water partition coefficient (Wildman–Crippen LogP) is 7.78. The third-order valence-corrected chi connectivity index (χ3v) is 6.42. The number of benzene rings is 3. The lowest BCUT2D eigenvalue weighted by atomic mass is 9.84. The molecular weight excluding hydrogens is 443 g/mol. The molecule has 32 heavy (non-hydrogen) atoms. The number of halogens is 5. The molecule has 0 saturated heterocycles. The van der Waals surface area contributed by atoms with Gasteiger partial charge in [-0.2, -0.15) is 13.2 Å². The Morgan fingerprint density at radius 3 is 2.22 bits per heavy atom. The fourth-order valence-electron chi connectivity index (χ4n) is 3.42. The van der Waals surface area contributed by atoms with E-state index in [2.05, 4.69) is 0 Å². The van der Waals surface area contributed by atoms with E-state index in [0.717, 1.165) is 48.4 Å². The van der Waals surface area contributed by atoms with Crippen molar-refractivity contribution in [3.05, 3.63) is 95.1 Å². The molecule has 7 heteroatoms. The van der Waals surface area contributed by atoms with Crippen molar-refractivity contribution in [1.82, 2.24) is 0 Å². The van der Waals surface area contributed by atoms with Crippen LogP contribution in [0, 0.1) is 11.6 Å². The van der Waals surface area contributed by atoms with Crippen LogP contribution in [-0.2, 0) is 5.41 Å². The summed E-state index contributed by atoms with van der Waals surface area (Å²) in [6.07, 6.45) is -2.61. The van der Waals surface area contributed by atoms with Gasteiger partial charge in [-0.05, 0) is 85.2 Å². The Kier molecular flexibility index (Phi) is 5.79. The molecule has 1 aliphatic rings. The smallest absolute Gasteiger partial charge is 0.397 e. The Labute approximate surface area is 186 Å². The number of alkyl halides is 3. The van der Waals surface area contributed by atoms with Crippen molar-refractivity contribution in [1.29, 1.82) is 0 Å². The zero-order chi connectivity index (χ0) is 23.1. The molecule has 1 aliphatic heterocycles. The molecule has 4 rings (SSSR count). The Morgan fingerprint density at radius 2 is 1.53 bits per heavy atom. The molecule has 0 saturated carbocycles. The molecular formula is C25H19F5OS. The fourth-order valence-corrected chi connectivity index (χ4v) is 4.35. The van der Waals surface area contributed by atoms with Gasteiger partial charge in [0.2, 0.25) is 0 Å². The summed E-state index contributed by atoms with van der Waals surface area (Å²) in [6.45, 7) is 2.40. The minimum atomic E-state index is -4.51. The second kappa shape index (κ2) is 8.28. The van der Waals surface area contributed by atoms with Crippen molar-refractivity contribution in [3.8, 4) is 5.75 Å². The topological polar surface area (TPSA) is 9.23 Å². The molecule has 0 fully saturated rings. The van der Waals surface area contributed by atoms with Gasteiger partial charge in [-0.3, -0.25) is 0 Å². The summed E-state index contributed by atoms with van der Waals surface area (Å²) < 4.78 is 73.4. The minimum absolute atomic E-state index is 0.136. The van der Waals surface area contributed by atoms with E-state index in [9.17, 15) is 22.0 Å². The first-order valence-electron chi connectivity index (χ1n) is 9.83. The highest BCUT2D eigenvalue weighted by atomic mass is 32.2. The maximum atomic E-state index is 14.2. The summed E-state index contributed by atoms with van der Waals surface area (Å²) in [5, 5.41) is 0. The van der Waals surface area contributed by atoms with Crippen molar-refractivity contribution >= 4 is 17.3 Å². The van der Waals surface area contributed by atoms with Gasteiger partial charge >= 0.3 is 6.18 Å². The van der Waals surface area contributed by atoms with Gasteiger partial charge in [-0.25, -0.2) is 8.78 Å². The average Bonchev–Trinajstić information content (AvgIpc) is 2.72. The van der Waals surface area contributed by atoms with Gasteiger partial charge in [0, 0.05) is 15.4 Å². The standard InChI is InChI=1S/C25H19F5OS/c1-24(2,25(28,29)30)16-11-18(27)13-20(12-16)32-19-7-8-22-21(9-10-31-23(22)14-19)15-3-5-17(26)6-4-15/h3-9,11-14H,10H2,1-2H3. The summed E-state index contributed by atoms with van der Waals surface area (Å²) in [6, 6.07) is 15.1. The molecule has 0 aromatic heterocycles. The second-order valence-electron chi connectivity index (χ2n) is 7.99. The van der Waals surface area contributed by atoms with Crippen LogP contribution in [0.25, 0.3) is 5.57 Å². The second-order valence-corrected chi connectivity index (χ2v) is 9.14. The average molecular weight is 462 g/mol. The quantitative estimate of drug-likeness (QED) is 0.366. The molecule has 0 N–H and O–H groups in total. The molecule has 166 valence electrons. The van der Waals surface area contributed by atoms with E-state index in [1.165, 1.54) is 24.3 Å². The molecule has 0 bridgehead atoms. The Hall–Kier alpha value is -2.80. The maximum absolute atomic E-state index is 14.2. The summed E-state index contributed by atoms with van der Waals surface area (Å²) in [5.74, 6) is -0.446. The molecule has 0 aliphatic carbocycles. The van der Waals surface area contributed by atoms with Crippen LogP contribution < -0.4 is 4.74 Å². The fraction of sp³-hybridized carbons (Fsp3) is 0.200. The first kappa shape index (κ1) is 22.4. The van der Waals surface area contributed by atoms with Crippen LogP contribution in [0.2, 0.25) is 0 Å². The first-order valence-corrected chi connectivity index (χ1v) is 10.7. The molecule has 0 radical (unpaired) electrons. The van der Waals surface area contributed by atoms with Gasteiger partial charge in [0.25, 0.3) is 0 Å². The lowest BCUT2D eigenvalue weighted by molar-refractivity contribution is -0.180. The Balaban J connectivity index is 1.64. The van der Waals surface area contributed by atoms with E-state index in [1.54, 1.807) is 24.3 Å². The van der Waals surface area contributed by atoms with Gasteiger partial charge in [0.05, 0.1) is 5.41 Å². The Bertz CT molecular complexity index is 1180. The zero-order valence-corrected chi connectivity index (χ0v) is 18.1. The van der Waals surface area contributed by atoms with E-state index in [4.69, 9.17) is 4.74 Å². The number of fused-ring (bicyclic) bond motifs is 1. The third-order valence-electron chi connectivity index (χ3n) is 5.46. The summed E-state index contributed by atoms with van der Waals surface area (Å²) >= 11 is 1.16. The predicted molar refractivity (Wildman–Crippen MR) is 115 cm³/mol. The number of ether oxygens (including phenoxy) is 1. The van der Waals surface area contributed by atoms with Gasteiger partial charge in [-0.15, -0.1) is 0 Å². The highest BCUT2D eigenvalue weighted by Crippen LogP contribution is 2.43. The lowest BCUT2D eigenvalue weighted by Gasteiger charge is -2.28. The van der Waals surface area contributed by atoms with Gasteiger partial charge in [-0.1, -0.05) is 23.9 Å². The van der Waals surface area contributed by atoms with Gasteiger partial charge in [0.1, 0.15) is 24.0 Å². The monoisotopic (exact) mass is 462 g/mol. The molecule has 3 aromatic carbocycles. The Morgan fingerprint density at radius 1 is 0.812 bits per heavy atom. The highest BCUT2D eigenvalue weighted by Gasteiger charge is 2.48. The van der Waals surface area contributed by atoms with E-state index in [0.29, 0.717) is 22.1 Å². The SMILES string of the molecule is CC(C)(c1cc(F)cc(Sc2ccc3c(c2)OCC=C3c2ccc(F)cc2)c1)C(F)(F)F. The maximum Gasteiger partial charge on any atom is 0.397 e. The van der Waals surface area contributed by atoms with E-state index >= 15 is 0 Å². The van der Waals surface area contributed by atoms with Crippen molar-refractivity contribution in [3.63, 3.8) is 0 Å². The van der Waals surface area contributed by atoms with Crippen LogP contribution in [0.1, 0.15) is 30.5 Å². The van der Waals surface area contributed by atoms with Crippen molar-refractivity contribution in [2.24, 2.45) is 0 Å². The van der Waals surface area contributed by atoms with Crippen molar-refractivity contribution in [2.75, 3.05) is 6.61 Å². The van der Waals surface area contributed by atoms with Crippen LogP contribution in [0.5, 0.6) is 5.75 Å². The molecule has 0 amide bonds. The van der Waals surface area contributed by atoms with Crippen LogP contribution >= 0.6 is 11.8 Å². The zero-order valence-electron chi connectivity index (χ0n) is 17.3. The number of hydrogen-bond donors (Lipinski definition) is 0. The van der Waals surface area contributed by atoms with Crippen LogP contribution in [-0.4, -0.2) is 12.8 Å². The van der Waals surface area contributed by atoms with Gasteiger partial charge in [0.15, 0.2) is 0 Å². The highest BCUT2D eigenvalue weighted by molar-refractivity contribution is 7.99. The number of rotatable bonds is 4. The van der Waals surface area contributed by atoms with Crippen LogP contribution in [0.4, 0.5) is 22.0 Å². The first-order chi connectivity index (χ1) is 15.0. The number of hydrogen-bond acceptors (Lipinski definition) is 2. The molecule has 0 atom stereocenters. The summed E-state index contributed by atoms with van der Waals surface area (Å²) in [4.78, 5) is 1.06. The van der Waals surface area contributed by atoms with E-state index in [-0.39, 0.29) is 11.4 Å². The van der Waals surface area contributed by atoms with Crippen molar-refractivity contribution < 1.29 is 26.7 Å². The molecule has 1 heterocycles. The molecule has 0 spiro atoms. The molecule has 3 aromatic rings. The van der Waals surface area contributed by atoms with E-state index in [1.807, 2.05) is 12.1 Å². The molecule has 1 nitrogen and oxygen atoms in total. The van der Waals surface area contributed by atoms with Crippen LogP contribution in [0.15, 0.2) is 76.5 Å². The third kappa shape index (κ3) is 4.39. The van der Waals surface area contributed by atoms with E-state index < -0.39 is 17.4 Å². The minimum Gasteiger partial charge on any atom is -0.489 e. The van der Waals surface area contributed by atoms with Crippen molar-refractivity contribution in [2.45, 2.75) is 35.2 Å². The summed E-state index contributed by atoms with van der Waals surface area (Å²) in [7, 11) is 0. The van der Waals surface area contributed by atoms with Crippen LogP contribution in [0.3, 0.4) is 0 Å². The largest absolute Gasteiger partial charge is 0.489 e.